The Balaban J connectivity index is 1.22. The SMILES string of the molecule is CC(=O)OC(C)C(=O)N1CCC(CCn2cnc(N)c3nc(Sc4cc5c(cc4Br)OCO5)nc2-3)CC1. The number of hydrogen-bond donors (Lipinski definition) is 1. The van der Waals surface area contributed by atoms with Crippen molar-refractivity contribution in [3.8, 4) is 23.0 Å². The van der Waals surface area contributed by atoms with E-state index in [0.29, 0.717) is 59.5 Å². The van der Waals surface area contributed by atoms with Gasteiger partial charge in [-0.05, 0) is 71.9 Å². The number of ether oxygens (including phenoxy) is 3. The van der Waals surface area contributed by atoms with E-state index in [2.05, 4.69) is 25.9 Å². The van der Waals surface area contributed by atoms with E-state index in [-0.39, 0.29) is 12.7 Å². The van der Waals surface area contributed by atoms with Crippen molar-refractivity contribution in [3.05, 3.63) is 22.9 Å². The number of piperidine rings is 1. The summed E-state index contributed by atoms with van der Waals surface area (Å²) in [5.74, 6) is 2.28. The Bertz CT molecular complexity index is 1290. The summed E-state index contributed by atoms with van der Waals surface area (Å²) in [5, 5.41) is 0.566. The molecule has 2 N–H and O–H groups in total. The van der Waals surface area contributed by atoms with E-state index < -0.39 is 12.1 Å². The molecule has 1 unspecified atom stereocenters. The van der Waals surface area contributed by atoms with Crippen molar-refractivity contribution in [2.45, 2.75) is 55.8 Å². The topological polar surface area (TPSA) is 135 Å². The van der Waals surface area contributed by atoms with E-state index >= 15 is 0 Å². The number of aryl methyl sites for hydroxylation is 1. The molecule has 0 radical (unpaired) electrons. The van der Waals surface area contributed by atoms with Crippen LogP contribution in [0, 0.1) is 5.92 Å². The summed E-state index contributed by atoms with van der Waals surface area (Å²) < 4.78 is 18.8. The van der Waals surface area contributed by atoms with Crippen LogP contribution in [0.4, 0.5) is 5.82 Å². The van der Waals surface area contributed by atoms with Crippen LogP contribution in [0.1, 0.15) is 33.1 Å². The van der Waals surface area contributed by atoms with Gasteiger partial charge in [0, 0.05) is 35.9 Å². The highest BCUT2D eigenvalue weighted by Gasteiger charge is 2.28. The van der Waals surface area contributed by atoms with Crippen LogP contribution in [0.3, 0.4) is 0 Å². The molecule has 0 aromatic heterocycles. The number of aromatic nitrogens is 4. The summed E-state index contributed by atoms with van der Waals surface area (Å²) in [6.07, 6.45) is 3.64. The minimum Gasteiger partial charge on any atom is -0.454 e. The van der Waals surface area contributed by atoms with Gasteiger partial charge in [0.2, 0.25) is 6.79 Å². The Kier molecular flexibility index (Phi) is 7.43. The molecule has 1 fully saturated rings. The number of esters is 1. The Hall–Kier alpha value is -3.06. The van der Waals surface area contributed by atoms with Crippen molar-refractivity contribution in [3.63, 3.8) is 0 Å². The van der Waals surface area contributed by atoms with Gasteiger partial charge in [-0.1, -0.05) is 0 Å². The minimum absolute atomic E-state index is 0.140. The summed E-state index contributed by atoms with van der Waals surface area (Å²) in [6.45, 7) is 5.14. The fourth-order valence-electron chi connectivity index (χ4n) is 4.54. The number of fused-ring (bicyclic) bond motifs is 2. The Morgan fingerprint density at radius 3 is 2.70 bits per heavy atom. The molecule has 0 saturated carbocycles. The molecular formula is C24H27BrN6O5S. The fraction of sp³-hybridized carbons (Fsp3) is 0.458. The van der Waals surface area contributed by atoms with Gasteiger partial charge >= 0.3 is 5.97 Å². The number of likely N-dealkylation sites (tertiary alicyclic amines) is 1. The van der Waals surface area contributed by atoms with Gasteiger partial charge in [-0.25, -0.2) is 15.0 Å². The van der Waals surface area contributed by atoms with Crippen LogP contribution in [-0.4, -0.2) is 62.3 Å². The molecule has 1 atom stereocenters. The molecule has 4 aliphatic rings. The molecule has 0 spiro atoms. The smallest absolute Gasteiger partial charge is 0.303 e. The summed E-state index contributed by atoms with van der Waals surface area (Å²) >= 11 is 4.99. The second-order valence-corrected chi connectivity index (χ2v) is 10.9. The van der Waals surface area contributed by atoms with Gasteiger partial charge in [-0.3, -0.25) is 9.59 Å². The van der Waals surface area contributed by atoms with Gasteiger partial charge < -0.3 is 29.4 Å². The highest BCUT2D eigenvalue weighted by Crippen LogP contribution is 2.43. The van der Waals surface area contributed by atoms with E-state index in [4.69, 9.17) is 24.9 Å². The molecule has 1 aromatic rings. The third-order valence-corrected chi connectivity index (χ3v) is 8.34. The molecule has 37 heavy (non-hydrogen) atoms. The molecule has 1 saturated heterocycles. The average molecular weight is 591 g/mol. The number of hydrogen-bond acceptors (Lipinski definition) is 10. The van der Waals surface area contributed by atoms with Crippen molar-refractivity contribution in [2.75, 3.05) is 25.6 Å². The van der Waals surface area contributed by atoms with Gasteiger partial charge in [0.25, 0.3) is 5.91 Å². The molecule has 13 heteroatoms. The predicted molar refractivity (Wildman–Crippen MR) is 138 cm³/mol. The minimum atomic E-state index is -0.750. The maximum Gasteiger partial charge on any atom is 0.303 e. The van der Waals surface area contributed by atoms with Crippen LogP contribution < -0.4 is 15.2 Å². The monoisotopic (exact) mass is 590 g/mol. The molecule has 4 aliphatic heterocycles. The molecule has 0 aliphatic carbocycles. The van der Waals surface area contributed by atoms with Crippen LogP contribution in [0.5, 0.6) is 11.5 Å². The van der Waals surface area contributed by atoms with Crippen LogP contribution in [-0.2, 0) is 20.9 Å². The lowest BCUT2D eigenvalue weighted by molar-refractivity contribution is -0.158. The lowest BCUT2D eigenvalue weighted by atomic mass is 9.93. The molecule has 4 heterocycles. The zero-order valence-corrected chi connectivity index (χ0v) is 22.9. The number of imidazole rings is 1. The zero-order chi connectivity index (χ0) is 26.1. The zero-order valence-electron chi connectivity index (χ0n) is 20.5. The summed E-state index contributed by atoms with van der Waals surface area (Å²) in [7, 11) is 0. The predicted octanol–water partition coefficient (Wildman–Crippen LogP) is 3.58. The summed E-state index contributed by atoms with van der Waals surface area (Å²) in [5.41, 5.74) is 6.69. The second kappa shape index (κ2) is 10.7. The first-order chi connectivity index (χ1) is 17.8. The number of carbonyl (C=O) groups excluding carboxylic acids is 2. The lowest BCUT2D eigenvalue weighted by Gasteiger charge is -2.33. The van der Waals surface area contributed by atoms with Crippen molar-refractivity contribution in [2.24, 2.45) is 5.92 Å². The van der Waals surface area contributed by atoms with Crippen LogP contribution in [0.25, 0.3) is 11.5 Å². The van der Waals surface area contributed by atoms with Crippen molar-refractivity contribution >= 4 is 45.4 Å². The summed E-state index contributed by atoms with van der Waals surface area (Å²) in [6, 6.07) is 3.77. The van der Waals surface area contributed by atoms with E-state index in [1.54, 1.807) is 18.2 Å². The molecule has 5 rings (SSSR count). The molecule has 196 valence electrons. The van der Waals surface area contributed by atoms with Crippen LogP contribution in [0.2, 0.25) is 0 Å². The second-order valence-electron chi connectivity index (χ2n) is 9.05. The first-order valence-corrected chi connectivity index (χ1v) is 13.6. The molecular weight excluding hydrogens is 564 g/mol. The average Bonchev–Trinajstić information content (AvgIpc) is 3.50. The number of anilines is 1. The number of nitrogen functional groups attached to an aromatic ring is 1. The number of carbonyl (C=O) groups is 2. The van der Waals surface area contributed by atoms with Gasteiger partial charge in [-0.2, -0.15) is 0 Å². The number of amides is 1. The third-order valence-electron chi connectivity index (χ3n) is 6.49. The fourth-order valence-corrected chi connectivity index (χ4v) is 5.89. The Labute approximate surface area is 226 Å². The normalized spacial score (nSPS) is 16.2. The van der Waals surface area contributed by atoms with Crippen molar-refractivity contribution < 1.29 is 23.8 Å². The maximum absolute atomic E-state index is 12.5. The molecule has 1 aromatic carbocycles. The lowest BCUT2D eigenvalue weighted by Crippen LogP contribution is -2.44. The van der Waals surface area contributed by atoms with E-state index in [0.717, 1.165) is 28.6 Å². The molecule has 0 bridgehead atoms. The number of rotatable bonds is 7. The van der Waals surface area contributed by atoms with E-state index in [9.17, 15) is 9.59 Å². The molecule has 11 nitrogen and oxygen atoms in total. The standard InChI is InChI=1S/C24H27BrN6O5S/c1-13(36-14(2)32)23(33)30-6-3-15(4-7-30)5-8-31-11-27-21(26)20-22(31)29-24(28-20)37-19-10-18-17(9-16(19)25)34-12-35-18/h9-11,13,15H,3-8,12,26H2,1-2H3. The van der Waals surface area contributed by atoms with Gasteiger partial charge in [0.1, 0.15) is 0 Å². The van der Waals surface area contributed by atoms with Crippen molar-refractivity contribution in [1.82, 2.24) is 24.4 Å². The largest absolute Gasteiger partial charge is 0.454 e. The van der Waals surface area contributed by atoms with E-state index in [1.807, 2.05) is 16.7 Å². The quantitative estimate of drug-likeness (QED) is 0.406. The number of halogens is 1. The van der Waals surface area contributed by atoms with Crippen LogP contribution >= 0.6 is 27.7 Å². The Morgan fingerprint density at radius 1 is 1.24 bits per heavy atom. The van der Waals surface area contributed by atoms with Crippen molar-refractivity contribution in [1.29, 1.82) is 0 Å². The first-order valence-electron chi connectivity index (χ1n) is 12.0. The number of benzene rings is 1. The molecule has 1 amide bonds. The number of nitrogens with zero attached hydrogens (tertiary/aromatic N) is 5. The van der Waals surface area contributed by atoms with Gasteiger partial charge in [0.15, 0.2) is 40.1 Å². The van der Waals surface area contributed by atoms with Crippen LogP contribution in [0.15, 0.2) is 33.0 Å². The Morgan fingerprint density at radius 2 is 1.97 bits per heavy atom. The van der Waals surface area contributed by atoms with Gasteiger partial charge in [-0.15, -0.1) is 0 Å². The third kappa shape index (κ3) is 5.61. The maximum atomic E-state index is 12.5. The number of nitrogens with two attached hydrogens (primary N) is 1. The highest BCUT2D eigenvalue weighted by atomic mass is 79.9. The summed E-state index contributed by atoms with van der Waals surface area (Å²) in [4.78, 5) is 40.0. The highest BCUT2D eigenvalue weighted by molar-refractivity contribution is 9.10. The first kappa shape index (κ1) is 25.6. The van der Waals surface area contributed by atoms with Gasteiger partial charge in [0.05, 0.1) is 6.33 Å². The van der Waals surface area contributed by atoms with E-state index in [1.165, 1.54) is 18.7 Å².